The Bertz CT molecular complexity index is 960. The molecule has 2 fully saturated rings. The van der Waals surface area contributed by atoms with Crippen molar-refractivity contribution in [2.75, 3.05) is 18.4 Å². The zero-order valence-electron chi connectivity index (χ0n) is 15.4. The van der Waals surface area contributed by atoms with Crippen LogP contribution in [-0.2, 0) is 0 Å². The lowest BCUT2D eigenvalue weighted by atomic mass is 9.65. The number of rotatable bonds is 3. The Hall–Kier alpha value is -2.40. The highest BCUT2D eigenvalue weighted by atomic mass is 15.1. The predicted octanol–water partition coefficient (Wildman–Crippen LogP) is 3.57. The molecule has 0 unspecified atom stereocenters. The summed E-state index contributed by atoms with van der Waals surface area (Å²) in [4.78, 5) is 9.43. The van der Waals surface area contributed by atoms with Crippen LogP contribution in [0.4, 0.5) is 5.82 Å². The van der Waals surface area contributed by atoms with E-state index in [0.717, 1.165) is 22.9 Å². The number of hydrogen-bond donors (Lipinski definition) is 2. The van der Waals surface area contributed by atoms with Gasteiger partial charge in [0.05, 0.1) is 17.6 Å². The van der Waals surface area contributed by atoms with Gasteiger partial charge < -0.3 is 10.6 Å². The highest BCUT2D eigenvalue weighted by molar-refractivity contribution is 5.63. The van der Waals surface area contributed by atoms with Crippen LogP contribution in [-0.4, -0.2) is 33.5 Å². The van der Waals surface area contributed by atoms with Gasteiger partial charge >= 0.3 is 0 Å². The second-order valence-corrected chi connectivity index (χ2v) is 8.10. The van der Waals surface area contributed by atoms with Crippen LogP contribution in [0.3, 0.4) is 0 Å². The van der Waals surface area contributed by atoms with Crippen LogP contribution in [0, 0.1) is 19.3 Å². The lowest BCUT2D eigenvalue weighted by Gasteiger charge is -2.45. The molecule has 4 heterocycles. The first-order valence-corrected chi connectivity index (χ1v) is 9.51. The second kappa shape index (κ2) is 5.81. The third-order valence-corrected chi connectivity index (χ3v) is 6.17. The van der Waals surface area contributed by atoms with E-state index >= 15 is 0 Å². The molecule has 26 heavy (non-hydrogen) atoms. The molecule has 0 bridgehead atoms. The summed E-state index contributed by atoms with van der Waals surface area (Å²) in [5, 5.41) is 7.13. The molecule has 2 aliphatic rings. The molecule has 5 rings (SSSR count). The fourth-order valence-electron chi connectivity index (χ4n) is 4.51. The first kappa shape index (κ1) is 15.8. The Labute approximate surface area is 153 Å². The molecule has 5 nitrogen and oxygen atoms in total. The molecule has 2 N–H and O–H groups in total. The molecule has 1 saturated heterocycles. The highest BCUT2D eigenvalue weighted by Crippen LogP contribution is 2.46. The molecule has 5 heteroatoms. The topological polar surface area (TPSA) is 54.2 Å². The van der Waals surface area contributed by atoms with E-state index in [9.17, 15) is 0 Å². The highest BCUT2D eigenvalue weighted by Gasteiger charge is 2.45. The van der Waals surface area contributed by atoms with Gasteiger partial charge in [-0.2, -0.15) is 0 Å². The lowest BCUT2D eigenvalue weighted by molar-refractivity contribution is 0.141. The minimum Gasteiger partial charge on any atom is -0.367 e. The second-order valence-electron chi connectivity index (χ2n) is 8.10. The fourth-order valence-corrected chi connectivity index (χ4v) is 4.51. The van der Waals surface area contributed by atoms with Crippen LogP contribution in [0.2, 0.25) is 0 Å². The predicted molar refractivity (Wildman–Crippen MR) is 104 cm³/mol. The first-order valence-electron chi connectivity index (χ1n) is 9.51. The Morgan fingerprint density at radius 2 is 2.12 bits per heavy atom. The molecule has 0 aromatic carbocycles. The van der Waals surface area contributed by atoms with E-state index in [1.54, 1.807) is 0 Å². The summed E-state index contributed by atoms with van der Waals surface area (Å²) in [5.41, 5.74) is 6.04. The number of aromatic nitrogens is 3. The maximum Gasteiger partial charge on any atom is 0.137 e. The molecule has 1 aliphatic heterocycles. The van der Waals surface area contributed by atoms with Gasteiger partial charge in [-0.15, -0.1) is 0 Å². The number of hydrogen-bond acceptors (Lipinski definition) is 4. The zero-order valence-corrected chi connectivity index (χ0v) is 15.4. The quantitative estimate of drug-likeness (QED) is 0.760. The van der Waals surface area contributed by atoms with Crippen molar-refractivity contribution in [1.29, 1.82) is 0 Å². The summed E-state index contributed by atoms with van der Waals surface area (Å²) < 4.78 is 2.14. The van der Waals surface area contributed by atoms with Gasteiger partial charge in [-0.3, -0.25) is 4.40 Å². The Balaban J connectivity index is 1.39. The summed E-state index contributed by atoms with van der Waals surface area (Å²) >= 11 is 0. The van der Waals surface area contributed by atoms with Crippen LogP contribution in [0.1, 0.15) is 30.4 Å². The molecule has 1 saturated carbocycles. The van der Waals surface area contributed by atoms with Crippen molar-refractivity contribution in [2.45, 2.75) is 39.2 Å². The summed E-state index contributed by atoms with van der Waals surface area (Å²) in [5.74, 6) is 0.965. The Morgan fingerprint density at radius 1 is 1.23 bits per heavy atom. The monoisotopic (exact) mass is 347 g/mol. The van der Waals surface area contributed by atoms with E-state index in [-0.39, 0.29) is 0 Å². The molecule has 0 atom stereocenters. The van der Waals surface area contributed by atoms with Crippen LogP contribution in [0.15, 0.2) is 36.7 Å². The number of nitrogens with one attached hydrogen (secondary N) is 2. The van der Waals surface area contributed by atoms with Gasteiger partial charge in [-0.05, 0) is 74.4 Å². The zero-order chi connectivity index (χ0) is 17.7. The largest absolute Gasteiger partial charge is 0.367 e. The lowest BCUT2D eigenvalue weighted by Crippen LogP contribution is -2.46. The number of pyridine rings is 2. The van der Waals surface area contributed by atoms with E-state index < -0.39 is 0 Å². The van der Waals surface area contributed by atoms with Crippen LogP contribution in [0.5, 0.6) is 0 Å². The summed E-state index contributed by atoms with van der Waals surface area (Å²) in [7, 11) is 0. The third kappa shape index (κ3) is 2.58. The number of aryl methyl sites for hydroxylation is 2. The average molecular weight is 347 g/mol. The smallest absolute Gasteiger partial charge is 0.137 e. The molecular weight excluding hydrogens is 322 g/mol. The molecule has 0 amide bonds. The van der Waals surface area contributed by atoms with Crippen molar-refractivity contribution in [3.05, 3.63) is 47.8 Å². The van der Waals surface area contributed by atoms with Crippen molar-refractivity contribution in [2.24, 2.45) is 5.41 Å². The van der Waals surface area contributed by atoms with Gasteiger partial charge in [-0.25, -0.2) is 9.97 Å². The van der Waals surface area contributed by atoms with E-state index in [1.165, 1.54) is 43.5 Å². The maximum atomic E-state index is 4.87. The van der Waals surface area contributed by atoms with Crippen LogP contribution in [0.25, 0.3) is 17.0 Å². The van der Waals surface area contributed by atoms with Crippen molar-refractivity contribution < 1.29 is 0 Å². The van der Waals surface area contributed by atoms with Crippen molar-refractivity contribution >= 4 is 11.5 Å². The molecule has 3 aromatic rings. The minimum atomic E-state index is 0.546. The van der Waals surface area contributed by atoms with Gasteiger partial charge in [0.15, 0.2) is 0 Å². The molecule has 1 aliphatic carbocycles. The Kier molecular flexibility index (Phi) is 3.54. The van der Waals surface area contributed by atoms with Crippen molar-refractivity contribution in [3.63, 3.8) is 0 Å². The van der Waals surface area contributed by atoms with Gasteiger partial charge in [0.25, 0.3) is 0 Å². The van der Waals surface area contributed by atoms with Crippen molar-refractivity contribution in [3.8, 4) is 11.4 Å². The van der Waals surface area contributed by atoms with E-state index in [1.807, 2.05) is 6.20 Å². The van der Waals surface area contributed by atoms with Gasteiger partial charge in [0.2, 0.25) is 0 Å². The number of nitrogens with zero attached hydrogens (tertiary/aromatic N) is 3. The summed E-state index contributed by atoms with van der Waals surface area (Å²) in [6, 6.07) is 8.89. The molecule has 1 spiro atoms. The third-order valence-electron chi connectivity index (χ3n) is 6.17. The van der Waals surface area contributed by atoms with E-state index in [0.29, 0.717) is 11.5 Å². The molecule has 0 radical (unpaired) electrons. The maximum absolute atomic E-state index is 4.87. The number of anilines is 1. The normalized spacial score (nSPS) is 24.9. The van der Waals surface area contributed by atoms with E-state index in [4.69, 9.17) is 4.98 Å². The minimum absolute atomic E-state index is 0.546. The van der Waals surface area contributed by atoms with E-state index in [2.05, 4.69) is 64.3 Å². The molecule has 3 aromatic heterocycles. The van der Waals surface area contributed by atoms with Gasteiger partial charge in [0.1, 0.15) is 11.5 Å². The fraction of sp³-hybridized carbons (Fsp3) is 0.429. The van der Waals surface area contributed by atoms with Gasteiger partial charge in [-0.1, -0.05) is 6.07 Å². The van der Waals surface area contributed by atoms with Crippen molar-refractivity contribution in [1.82, 2.24) is 19.7 Å². The molecular formula is C21H25N5. The number of fused-ring (bicyclic) bond motifs is 1. The standard InChI is InChI=1S/C21H25N5/c1-14-8-20-23-11-18(26(20)12-15(14)2)17-4-3-5-19(25-17)24-16-9-21(10-16)6-7-22-13-21/h3-5,8,11-12,16,22H,6-7,9-10,13H2,1-2H3,(H,24,25). The number of imidazole rings is 1. The van der Waals surface area contributed by atoms with Crippen LogP contribution < -0.4 is 10.6 Å². The Morgan fingerprint density at radius 3 is 2.92 bits per heavy atom. The molecule has 134 valence electrons. The summed E-state index contributed by atoms with van der Waals surface area (Å²) in [6.45, 7) is 6.61. The first-order chi connectivity index (χ1) is 12.6. The SMILES string of the molecule is Cc1cc2ncc(-c3cccc(NC4CC5(CCNC5)C4)n3)n2cc1C. The van der Waals surface area contributed by atoms with Gasteiger partial charge in [0, 0.05) is 18.8 Å². The average Bonchev–Trinajstić information content (AvgIpc) is 3.23. The van der Waals surface area contributed by atoms with Crippen LogP contribution >= 0.6 is 0 Å². The summed E-state index contributed by atoms with van der Waals surface area (Å²) in [6.07, 6.45) is 7.89.